The summed E-state index contributed by atoms with van der Waals surface area (Å²) in [6, 6.07) is 0. The van der Waals surface area contributed by atoms with Gasteiger partial charge < -0.3 is 48.5 Å². The summed E-state index contributed by atoms with van der Waals surface area (Å²) >= 11 is 0. The lowest BCUT2D eigenvalue weighted by molar-refractivity contribution is -0.745. The molecule has 4 rings (SSSR count). The van der Waals surface area contributed by atoms with Crippen LogP contribution in [0.5, 0.6) is 0 Å². The number of fused-ring (bicyclic) bond motifs is 1. The average molecular weight is 549 g/mol. The van der Waals surface area contributed by atoms with Gasteiger partial charge in [0.2, 0.25) is 19.3 Å². The number of imidazole rings is 1. The Hall–Kier alpha value is -1.91. The van der Waals surface area contributed by atoms with E-state index in [1.807, 2.05) is 6.92 Å². The zero-order valence-corrected chi connectivity index (χ0v) is 22.2. The number of aliphatic hydroxyl groups excluding tert-OH is 1. The number of rotatable bonds is 10. The molecule has 0 aromatic carbocycles. The number of aliphatic hydroxyl groups is 1. The predicted octanol–water partition coefficient (Wildman–Crippen LogP) is -1.56. The van der Waals surface area contributed by atoms with Crippen LogP contribution in [0.25, 0.3) is 11.2 Å². The molecule has 2 aromatic heterocycles. The van der Waals surface area contributed by atoms with Crippen LogP contribution in [-0.2, 0) is 39.8 Å². The van der Waals surface area contributed by atoms with Crippen molar-refractivity contribution < 1.29 is 47.3 Å². The van der Waals surface area contributed by atoms with Gasteiger partial charge in [-0.2, -0.15) is 0 Å². The number of methoxy groups -OCH3 is 3. The van der Waals surface area contributed by atoms with Crippen LogP contribution < -0.4 is 15.9 Å². The second-order valence-electron chi connectivity index (χ2n) is 9.02. The van der Waals surface area contributed by atoms with Crippen molar-refractivity contribution in [2.24, 2.45) is 7.05 Å². The summed E-state index contributed by atoms with van der Waals surface area (Å²) in [7, 11) is 2.63. The number of hydrogen-bond donors (Lipinski definition) is 4. The van der Waals surface area contributed by atoms with Crippen LogP contribution >= 0.6 is 7.57 Å². The van der Waals surface area contributed by atoms with Crippen molar-refractivity contribution in [1.29, 1.82) is 0 Å². The van der Waals surface area contributed by atoms with Crippen LogP contribution in [0.1, 0.15) is 13.2 Å². The number of aromatic amines is 1. The van der Waals surface area contributed by atoms with E-state index in [4.69, 9.17) is 38.5 Å². The summed E-state index contributed by atoms with van der Waals surface area (Å²) in [5.74, 6) is -0.0784. The van der Waals surface area contributed by atoms with Crippen LogP contribution in [0.15, 0.2) is 11.1 Å². The van der Waals surface area contributed by atoms with E-state index in [1.54, 1.807) is 32.2 Å². The van der Waals surface area contributed by atoms with Gasteiger partial charge in [0.05, 0.1) is 26.4 Å². The van der Waals surface area contributed by atoms with Gasteiger partial charge in [0.15, 0.2) is 6.33 Å². The standard InChI is InChI=1S/C21H34N5O10P/c1-10-15(30-3)17(32-5)12(35-10)8-34-37(6,29)33-7-11-16(31-4)14(27)20(36-11)26-9-25(2)13-18(26)23-21(22)24-19(13)28/h9-12,14-17,20,27H,6-8H2,1-5H3,(H3-,22,23,24,28,29)/p+1. The number of H-pyrrole nitrogens is 1. The van der Waals surface area contributed by atoms with E-state index in [9.17, 15) is 14.8 Å². The number of aromatic nitrogens is 4. The Labute approximate surface area is 213 Å². The Bertz CT molecular complexity index is 1210. The third-order valence-electron chi connectivity index (χ3n) is 6.61. The highest BCUT2D eigenvalue weighted by atomic mass is 31.2. The first-order chi connectivity index (χ1) is 17.5. The average Bonchev–Trinajstić information content (AvgIpc) is 3.45. The fraction of sp³-hybridized carbons (Fsp3) is 0.714. The van der Waals surface area contributed by atoms with Crippen molar-refractivity contribution in [2.75, 3.05) is 40.3 Å². The molecule has 0 spiro atoms. The molecule has 2 fully saturated rings. The lowest BCUT2D eigenvalue weighted by Crippen LogP contribution is -2.46. The lowest BCUT2D eigenvalue weighted by atomic mass is 10.1. The Kier molecular flexibility index (Phi) is 8.40. The molecule has 0 bridgehead atoms. The van der Waals surface area contributed by atoms with Gasteiger partial charge in [0, 0.05) is 21.3 Å². The summed E-state index contributed by atoms with van der Waals surface area (Å²) in [4.78, 5) is 29.7. The summed E-state index contributed by atoms with van der Waals surface area (Å²) in [6.45, 7) is 1.63. The summed E-state index contributed by atoms with van der Waals surface area (Å²) in [6.07, 6.45) is 0.0829. The van der Waals surface area contributed by atoms with Crippen molar-refractivity contribution in [1.82, 2.24) is 14.5 Å². The highest BCUT2D eigenvalue weighted by Gasteiger charge is 2.49. The van der Waals surface area contributed by atoms with Gasteiger partial charge in [-0.25, -0.2) is 4.57 Å². The molecule has 0 aliphatic carbocycles. The maximum absolute atomic E-state index is 12.4. The molecule has 0 radical (unpaired) electrons. The summed E-state index contributed by atoms with van der Waals surface area (Å²) < 4.78 is 42.5. The number of ether oxygens (including phenoxy) is 5. The van der Waals surface area contributed by atoms with Gasteiger partial charge in [-0.1, -0.05) is 4.98 Å². The number of anilines is 1. The van der Waals surface area contributed by atoms with Crippen LogP contribution in [0, 0.1) is 0 Å². The van der Waals surface area contributed by atoms with Gasteiger partial charge in [-0.3, -0.25) is 14.3 Å². The number of aryl methyl sites for hydroxylation is 1. The van der Waals surface area contributed by atoms with E-state index in [-0.39, 0.29) is 48.6 Å². The number of nitrogens with zero attached hydrogens (tertiary/aromatic N) is 3. The Morgan fingerprint density at radius 3 is 2.35 bits per heavy atom. The Morgan fingerprint density at radius 1 is 1.16 bits per heavy atom. The number of nitrogens with two attached hydrogens (primary N) is 1. The van der Waals surface area contributed by atoms with Crippen molar-refractivity contribution >= 4 is 31.0 Å². The zero-order chi connectivity index (χ0) is 27.1. The predicted molar refractivity (Wildman–Crippen MR) is 131 cm³/mol. The van der Waals surface area contributed by atoms with Gasteiger partial charge >= 0.3 is 5.65 Å². The maximum atomic E-state index is 12.4. The van der Waals surface area contributed by atoms with Crippen molar-refractivity contribution in [3.63, 3.8) is 0 Å². The molecular formula is C21H35N5O10P+. The molecule has 2 aliphatic rings. The molecule has 2 saturated heterocycles. The second-order valence-corrected chi connectivity index (χ2v) is 10.8. The molecule has 37 heavy (non-hydrogen) atoms. The number of hydrogen-bond acceptors (Lipinski definition) is 12. The normalized spacial score (nSPS) is 33.8. The van der Waals surface area contributed by atoms with E-state index in [1.165, 1.54) is 11.7 Å². The van der Waals surface area contributed by atoms with Gasteiger partial charge in [0.1, 0.15) is 36.6 Å². The maximum Gasteiger partial charge on any atom is 0.313 e. The molecule has 16 heteroatoms. The third kappa shape index (κ3) is 5.47. The first-order valence-corrected chi connectivity index (χ1v) is 13.4. The molecule has 4 heterocycles. The monoisotopic (exact) mass is 548 g/mol. The minimum atomic E-state index is -3.56. The highest BCUT2D eigenvalue weighted by Crippen LogP contribution is 2.44. The molecule has 0 amide bonds. The van der Waals surface area contributed by atoms with Crippen LogP contribution in [0.4, 0.5) is 5.95 Å². The fourth-order valence-corrected chi connectivity index (χ4v) is 5.74. The van der Waals surface area contributed by atoms with Crippen LogP contribution in [-0.4, -0.2) is 108 Å². The van der Waals surface area contributed by atoms with Crippen molar-refractivity contribution in [3.8, 4) is 0 Å². The largest absolute Gasteiger partial charge is 0.384 e. The van der Waals surface area contributed by atoms with Gasteiger partial charge in [-0.05, 0) is 13.2 Å². The van der Waals surface area contributed by atoms with E-state index >= 15 is 0 Å². The quantitative estimate of drug-likeness (QED) is 0.198. The molecule has 15 nitrogen and oxygen atoms in total. The number of nitrogen functional groups attached to an aromatic ring is 1. The van der Waals surface area contributed by atoms with E-state index < -0.39 is 43.8 Å². The molecular weight excluding hydrogens is 513 g/mol. The Balaban J connectivity index is 1.43. The summed E-state index contributed by atoms with van der Waals surface area (Å²) in [5.41, 5.74) is 5.76. The van der Waals surface area contributed by atoms with Gasteiger partial charge in [0.25, 0.3) is 11.5 Å². The minimum absolute atomic E-state index is 0.0333. The lowest BCUT2D eigenvalue weighted by Gasteiger charge is -2.25. The molecule has 0 saturated carbocycles. The van der Waals surface area contributed by atoms with Crippen LogP contribution in [0.3, 0.4) is 0 Å². The number of nitrogens with one attached hydrogen (secondary N) is 1. The van der Waals surface area contributed by atoms with Crippen molar-refractivity contribution in [3.05, 3.63) is 16.7 Å². The van der Waals surface area contributed by atoms with E-state index in [0.717, 1.165) is 0 Å². The molecule has 2 aromatic rings. The highest BCUT2D eigenvalue weighted by molar-refractivity contribution is 7.58. The smallest absolute Gasteiger partial charge is 0.313 e. The summed E-state index contributed by atoms with van der Waals surface area (Å²) in [5, 5.41) is 11.0. The SMILES string of the molecule is C=P(O)(OCC1OC([n+]2cn(C)c3c(=O)[nH]c(N)nc32)C(O)C1OC)OCC1OC(C)C(OC)C1OC. The van der Waals surface area contributed by atoms with Crippen LogP contribution in [0.2, 0.25) is 0 Å². The first-order valence-electron chi connectivity index (χ1n) is 11.6. The molecule has 9 atom stereocenters. The van der Waals surface area contributed by atoms with E-state index in [0.29, 0.717) is 0 Å². The van der Waals surface area contributed by atoms with Crippen molar-refractivity contribution in [2.45, 2.75) is 55.9 Å². The molecule has 2 aliphatic heterocycles. The van der Waals surface area contributed by atoms with Gasteiger partial charge in [-0.15, -0.1) is 0 Å². The zero-order valence-electron chi connectivity index (χ0n) is 21.3. The Morgan fingerprint density at radius 2 is 1.76 bits per heavy atom. The topological polar surface area (TPSA) is 186 Å². The molecule has 9 unspecified atom stereocenters. The fourth-order valence-electron chi connectivity index (χ4n) is 4.90. The minimum Gasteiger partial charge on any atom is -0.384 e. The third-order valence-corrected chi connectivity index (χ3v) is 7.72. The first kappa shape index (κ1) is 28.1. The second kappa shape index (κ2) is 11.1. The molecule has 5 N–H and O–H groups in total. The van der Waals surface area contributed by atoms with E-state index in [2.05, 4.69) is 16.3 Å². The molecule has 208 valence electrons.